The van der Waals surface area contributed by atoms with E-state index in [1.807, 2.05) is 6.07 Å². The highest BCUT2D eigenvalue weighted by Crippen LogP contribution is 2.35. The molecule has 3 rings (SSSR count). The van der Waals surface area contributed by atoms with Gasteiger partial charge in [0.25, 0.3) is 10.0 Å². The molecule has 0 saturated carbocycles. The average Bonchev–Trinajstić information content (AvgIpc) is 2.71. The van der Waals surface area contributed by atoms with E-state index in [1.54, 1.807) is 48.5 Å². The maximum absolute atomic E-state index is 13.5. The molecular formula is C21H19Cl2NO4S. The third-order valence-corrected chi connectivity index (χ3v) is 6.55. The number of halogens is 2. The van der Waals surface area contributed by atoms with Crippen LogP contribution in [0.15, 0.2) is 71.6 Å². The molecule has 0 atom stereocenters. The van der Waals surface area contributed by atoms with Gasteiger partial charge in [-0.15, -0.1) is 0 Å². The third-order valence-electron chi connectivity index (χ3n) is 4.27. The minimum Gasteiger partial charge on any atom is -0.493 e. The lowest BCUT2D eigenvalue weighted by molar-refractivity contribution is 0.355. The molecule has 8 heteroatoms. The number of sulfonamides is 1. The van der Waals surface area contributed by atoms with E-state index in [2.05, 4.69) is 0 Å². The van der Waals surface area contributed by atoms with Gasteiger partial charge in [-0.25, -0.2) is 8.42 Å². The molecule has 3 aromatic carbocycles. The Morgan fingerprint density at radius 2 is 1.52 bits per heavy atom. The minimum atomic E-state index is -3.89. The summed E-state index contributed by atoms with van der Waals surface area (Å²) < 4.78 is 38.8. The van der Waals surface area contributed by atoms with Crippen LogP contribution in [0.5, 0.6) is 11.5 Å². The maximum atomic E-state index is 13.5. The molecule has 0 aliphatic rings. The van der Waals surface area contributed by atoms with Crippen molar-refractivity contribution >= 4 is 38.9 Å². The van der Waals surface area contributed by atoms with Gasteiger partial charge in [0, 0.05) is 16.1 Å². The van der Waals surface area contributed by atoms with E-state index in [4.69, 9.17) is 32.7 Å². The zero-order chi connectivity index (χ0) is 21.0. The molecule has 0 unspecified atom stereocenters. The first kappa shape index (κ1) is 21.3. The SMILES string of the molecule is COc1ccc(N(Cc2cccc(Cl)c2)S(=O)(=O)c2ccc(Cl)cc2)cc1OC. The number of rotatable bonds is 7. The first-order valence-corrected chi connectivity index (χ1v) is 10.8. The van der Waals surface area contributed by atoms with Crippen molar-refractivity contribution in [1.29, 1.82) is 0 Å². The Balaban J connectivity index is 2.12. The van der Waals surface area contributed by atoms with Gasteiger partial charge >= 0.3 is 0 Å². The van der Waals surface area contributed by atoms with Crippen molar-refractivity contribution < 1.29 is 17.9 Å². The van der Waals surface area contributed by atoms with E-state index in [0.717, 1.165) is 5.56 Å². The van der Waals surface area contributed by atoms with Crippen LogP contribution < -0.4 is 13.8 Å². The number of benzene rings is 3. The second-order valence-electron chi connectivity index (χ2n) is 6.13. The standard InChI is InChI=1S/C21H19Cl2NO4S/c1-27-20-11-8-18(13-21(20)28-2)24(14-15-4-3-5-17(23)12-15)29(25,26)19-9-6-16(22)7-10-19/h3-13H,14H2,1-2H3. The van der Waals surface area contributed by atoms with Crippen molar-refractivity contribution in [2.24, 2.45) is 0 Å². The van der Waals surface area contributed by atoms with Crippen LogP contribution in [0.3, 0.4) is 0 Å². The molecule has 0 amide bonds. The zero-order valence-corrected chi connectivity index (χ0v) is 18.1. The van der Waals surface area contributed by atoms with Crippen LogP contribution in [0.1, 0.15) is 5.56 Å². The fourth-order valence-corrected chi connectivity index (χ4v) is 4.61. The molecule has 152 valence electrons. The molecule has 29 heavy (non-hydrogen) atoms. The van der Waals surface area contributed by atoms with E-state index in [1.165, 1.54) is 30.7 Å². The molecular weight excluding hydrogens is 433 g/mol. The first-order chi connectivity index (χ1) is 13.8. The number of hydrogen-bond donors (Lipinski definition) is 0. The summed E-state index contributed by atoms with van der Waals surface area (Å²) in [4.78, 5) is 0.124. The second kappa shape index (κ2) is 8.95. The van der Waals surface area contributed by atoms with Crippen molar-refractivity contribution in [3.8, 4) is 11.5 Å². The van der Waals surface area contributed by atoms with Crippen molar-refractivity contribution in [1.82, 2.24) is 0 Å². The van der Waals surface area contributed by atoms with Crippen molar-refractivity contribution in [3.63, 3.8) is 0 Å². The molecule has 0 N–H and O–H groups in total. The Kier molecular flexibility index (Phi) is 6.57. The second-order valence-corrected chi connectivity index (χ2v) is 8.87. The normalized spacial score (nSPS) is 11.2. The van der Waals surface area contributed by atoms with Gasteiger partial charge in [0.05, 0.1) is 31.3 Å². The summed E-state index contributed by atoms with van der Waals surface area (Å²) in [6.07, 6.45) is 0. The van der Waals surface area contributed by atoms with Crippen LogP contribution >= 0.6 is 23.2 Å². The van der Waals surface area contributed by atoms with Gasteiger partial charge in [0.2, 0.25) is 0 Å². The van der Waals surface area contributed by atoms with Crippen LogP contribution in [0.25, 0.3) is 0 Å². The van der Waals surface area contributed by atoms with Crippen molar-refractivity contribution in [3.05, 3.63) is 82.3 Å². The smallest absolute Gasteiger partial charge is 0.264 e. The van der Waals surface area contributed by atoms with Gasteiger partial charge in [-0.1, -0.05) is 35.3 Å². The van der Waals surface area contributed by atoms with Crippen molar-refractivity contribution in [2.75, 3.05) is 18.5 Å². The number of hydrogen-bond acceptors (Lipinski definition) is 4. The van der Waals surface area contributed by atoms with Crippen LogP contribution in [0.2, 0.25) is 10.0 Å². The number of methoxy groups -OCH3 is 2. The highest BCUT2D eigenvalue weighted by atomic mass is 35.5. The monoisotopic (exact) mass is 451 g/mol. The number of ether oxygens (including phenoxy) is 2. The van der Waals surface area contributed by atoms with Gasteiger partial charge in [0.1, 0.15) is 0 Å². The maximum Gasteiger partial charge on any atom is 0.264 e. The van der Waals surface area contributed by atoms with E-state index in [9.17, 15) is 8.42 Å². The number of anilines is 1. The molecule has 0 aromatic heterocycles. The first-order valence-electron chi connectivity index (χ1n) is 8.60. The van der Waals surface area contributed by atoms with E-state index in [0.29, 0.717) is 27.2 Å². The summed E-state index contributed by atoms with van der Waals surface area (Å²) in [5.41, 5.74) is 1.17. The molecule has 0 radical (unpaired) electrons. The van der Waals surface area contributed by atoms with Gasteiger partial charge in [-0.05, 0) is 54.1 Å². The van der Waals surface area contributed by atoms with Crippen LogP contribution in [0, 0.1) is 0 Å². The molecule has 5 nitrogen and oxygen atoms in total. The largest absolute Gasteiger partial charge is 0.493 e. The predicted molar refractivity (Wildman–Crippen MR) is 116 cm³/mol. The van der Waals surface area contributed by atoms with Crippen LogP contribution in [0.4, 0.5) is 5.69 Å². The van der Waals surface area contributed by atoms with E-state index < -0.39 is 10.0 Å². The summed E-state index contributed by atoms with van der Waals surface area (Å²) in [7, 11) is -0.875. The molecule has 0 aliphatic heterocycles. The molecule has 0 saturated heterocycles. The lowest BCUT2D eigenvalue weighted by Crippen LogP contribution is -2.30. The summed E-state index contributed by atoms with van der Waals surface area (Å²) in [5.74, 6) is 0.926. The zero-order valence-electron chi connectivity index (χ0n) is 15.8. The Morgan fingerprint density at radius 3 is 2.14 bits per heavy atom. The lowest BCUT2D eigenvalue weighted by Gasteiger charge is -2.25. The molecule has 0 bridgehead atoms. The predicted octanol–water partition coefficient (Wildman–Crippen LogP) is 5.41. The minimum absolute atomic E-state index is 0.0843. The van der Waals surface area contributed by atoms with Gasteiger partial charge in [0.15, 0.2) is 11.5 Å². The van der Waals surface area contributed by atoms with E-state index >= 15 is 0 Å². The fraction of sp³-hybridized carbons (Fsp3) is 0.143. The summed E-state index contributed by atoms with van der Waals surface area (Å²) in [6, 6.07) is 18.0. The molecule has 0 fully saturated rings. The summed E-state index contributed by atoms with van der Waals surface area (Å²) in [5, 5.41) is 0.982. The fourth-order valence-electron chi connectivity index (χ4n) is 2.83. The van der Waals surface area contributed by atoms with Crippen molar-refractivity contribution in [2.45, 2.75) is 11.4 Å². The Bertz CT molecular complexity index is 1100. The van der Waals surface area contributed by atoms with E-state index in [-0.39, 0.29) is 11.4 Å². The van der Waals surface area contributed by atoms with Gasteiger partial charge in [-0.3, -0.25) is 4.31 Å². The highest BCUT2D eigenvalue weighted by Gasteiger charge is 2.26. The highest BCUT2D eigenvalue weighted by molar-refractivity contribution is 7.92. The lowest BCUT2D eigenvalue weighted by atomic mass is 10.2. The third kappa shape index (κ3) is 4.78. The molecule has 0 heterocycles. The molecule has 0 aliphatic carbocycles. The topological polar surface area (TPSA) is 55.8 Å². The summed E-state index contributed by atoms with van der Waals surface area (Å²) >= 11 is 12.0. The quantitative estimate of drug-likeness (QED) is 0.481. The average molecular weight is 452 g/mol. The van der Waals surface area contributed by atoms with Gasteiger partial charge in [-0.2, -0.15) is 0 Å². The number of nitrogens with zero attached hydrogens (tertiary/aromatic N) is 1. The summed E-state index contributed by atoms with van der Waals surface area (Å²) in [6.45, 7) is 0.0843. The Morgan fingerprint density at radius 1 is 0.828 bits per heavy atom. The van der Waals surface area contributed by atoms with Crippen LogP contribution in [-0.2, 0) is 16.6 Å². The molecule has 0 spiro atoms. The Labute approximate surface area is 180 Å². The van der Waals surface area contributed by atoms with Gasteiger partial charge < -0.3 is 9.47 Å². The Hall–Kier alpha value is -2.41. The van der Waals surface area contributed by atoms with Crippen LogP contribution in [-0.4, -0.2) is 22.6 Å². The molecule has 3 aromatic rings.